The maximum atomic E-state index is 12.4. The molecule has 0 aromatic carbocycles. The molecule has 0 radical (unpaired) electrons. The lowest BCUT2D eigenvalue weighted by Gasteiger charge is -2.40. The van der Waals surface area contributed by atoms with E-state index >= 15 is 0 Å². The highest BCUT2D eigenvalue weighted by Gasteiger charge is 2.38. The SMILES string of the molecule is CN1CCO[C@@H](C(=O)N[C@@](C)(CO)C2CCCCC2)C1. The normalized spacial score (nSPS) is 28.9. The van der Waals surface area contributed by atoms with Crippen molar-refractivity contribution in [2.24, 2.45) is 5.92 Å². The Balaban J connectivity index is 1.95. The van der Waals surface area contributed by atoms with Crippen molar-refractivity contribution in [3.8, 4) is 0 Å². The highest BCUT2D eigenvalue weighted by Crippen LogP contribution is 2.32. The lowest BCUT2D eigenvalue weighted by Crippen LogP contribution is -2.59. The van der Waals surface area contributed by atoms with Crippen LogP contribution in [0.1, 0.15) is 39.0 Å². The number of morpholine rings is 1. The first-order valence-electron chi connectivity index (χ1n) is 7.78. The van der Waals surface area contributed by atoms with Crippen molar-refractivity contribution in [1.82, 2.24) is 10.2 Å². The fourth-order valence-corrected chi connectivity index (χ4v) is 3.31. The van der Waals surface area contributed by atoms with Crippen LogP contribution in [-0.2, 0) is 9.53 Å². The zero-order chi connectivity index (χ0) is 14.6. The van der Waals surface area contributed by atoms with Crippen LogP contribution >= 0.6 is 0 Å². The van der Waals surface area contributed by atoms with Crippen LogP contribution in [0.4, 0.5) is 0 Å². The third kappa shape index (κ3) is 3.71. The standard InChI is InChI=1S/C15H28N2O3/c1-15(11-18,12-6-4-3-5-7-12)16-14(19)13-10-17(2)8-9-20-13/h12-13,18H,3-11H2,1-2H3,(H,16,19)/t13-,15+/m1/s1. The molecule has 1 saturated heterocycles. The van der Waals surface area contributed by atoms with Crippen molar-refractivity contribution in [2.45, 2.75) is 50.7 Å². The van der Waals surface area contributed by atoms with Crippen molar-refractivity contribution < 1.29 is 14.6 Å². The van der Waals surface area contributed by atoms with Crippen LogP contribution in [-0.4, -0.2) is 60.9 Å². The number of carbonyl (C=O) groups excluding carboxylic acids is 1. The number of aliphatic hydroxyl groups excluding tert-OH is 1. The van der Waals surface area contributed by atoms with Crippen molar-refractivity contribution in [3.63, 3.8) is 0 Å². The lowest BCUT2D eigenvalue weighted by molar-refractivity contribution is -0.141. The number of likely N-dealkylation sites (N-methyl/N-ethyl adjacent to an activating group) is 1. The number of aliphatic hydroxyl groups is 1. The number of rotatable bonds is 4. The zero-order valence-electron chi connectivity index (χ0n) is 12.7. The number of hydrogen-bond acceptors (Lipinski definition) is 4. The van der Waals surface area contributed by atoms with Gasteiger partial charge in [0, 0.05) is 13.1 Å². The number of amides is 1. The molecule has 1 aliphatic heterocycles. The first-order chi connectivity index (χ1) is 9.55. The molecule has 116 valence electrons. The Hall–Kier alpha value is -0.650. The summed E-state index contributed by atoms with van der Waals surface area (Å²) < 4.78 is 5.55. The van der Waals surface area contributed by atoms with Crippen LogP contribution in [0.3, 0.4) is 0 Å². The van der Waals surface area contributed by atoms with Gasteiger partial charge in [0.05, 0.1) is 18.8 Å². The minimum absolute atomic E-state index is 0.00797. The molecule has 20 heavy (non-hydrogen) atoms. The molecule has 2 rings (SSSR count). The van der Waals surface area contributed by atoms with Gasteiger partial charge in [0.25, 0.3) is 5.91 Å². The Labute approximate surface area is 121 Å². The van der Waals surface area contributed by atoms with Gasteiger partial charge in [-0.1, -0.05) is 19.3 Å². The van der Waals surface area contributed by atoms with Crippen molar-refractivity contribution in [1.29, 1.82) is 0 Å². The summed E-state index contributed by atoms with van der Waals surface area (Å²) in [7, 11) is 2.00. The fraction of sp³-hybridized carbons (Fsp3) is 0.933. The molecule has 2 atom stereocenters. The van der Waals surface area contributed by atoms with E-state index < -0.39 is 11.6 Å². The summed E-state index contributed by atoms with van der Waals surface area (Å²) in [6.07, 6.45) is 5.41. The molecule has 1 aliphatic carbocycles. The number of ether oxygens (including phenoxy) is 1. The molecule has 2 aliphatic rings. The van der Waals surface area contributed by atoms with E-state index in [9.17, 15) is 9.90 Å². The minimum Gasteiger partial charge on any atom is -0.394 e. The summed E-state index contributed by atoms with van der Waals surface area (Å²) in [5.74, 6) is 0.283. The Kier molecular flexibility index (Phi) is 5.41. The molecule has 0 bridgehead atoms. The van der Waals surface area contributed by atoms with Gasteiger partial charge in [0.15, 0.2) is 0 Å². The number of nitrogens with one attached hydrogen (secondary N) is 1. The Morgan fingerprint density at radius 3 is 2.70 bits per heavy atom. The second-order valence-electron chi connectivity index (χ2n) is 6.52. The number of carbonyl (C=O) groups is 1. The van der Waals surface area contributed by atoms with E-state index in [2.05, 4.69) is 10.2 Å². The Morgan fingerprint density at radius 1 is 1.40 bits per heavy atom. The summed E-state index contributed by atoms with van der Waals surface area (Å²) in [6.45, 7) is 4.04. The maximum Gasteiger partial charge on any atom is 0.250 e. The lowest BCUT2D eigenvalue weighted by atomic mass is 9.76. The van der Waals surface area contributed by atoms with Gasteiger partial charge in [0.1, 0.15) is 6.10 Å². The third-order valence-electron chi connectivity index (χ3n) is 4.81. The molecule has 5 heteroatoms. The first kappa shape index (κ1) is 15.7. The molecule has 2 fully saturated rings. The Bertz CT molecular complexity index is 331. The highest BCUT2D eigenvalue weighted by molar-refractivity contribution is 5.82. The minimum atomic E-state index is -0.517. The van der Waals surface area contributed by atoms with Gasteiger partial charge < -0.3 is 20.1 Å². The summed E-state index contributed by atoms with van der Waals surface area (Å²) in [5, 5.41) is 12.8. The second-order valence-corrected chi connectivity index (χ2v) is 6.52. The van der Waals surface area contributed by atoms with Gasteiger partial charge in [-0.15, -0.1) is 0 Å². The van der Waals surface area contributed by atoms with Gasteiger partial charge >= 0.3 is 0 Å². The van der Waals surface area contributed by atoms with E-state index in [-0.39, 0.29) is 12.5 Å². The summed E-state index contributed by atoms with van der Waals surface area (Å²) in [4.78, 5) is 14.5. The van der Waals surface area contributed by atoms with Crippen LogP contribution in [0.25, 0.3) is 0 Å². The Morgan fingerprint density at radius 2 is 2.10 bits per heavy atom. The second kappa shape index (κ2) is 6.87. The molecule has 0 unspecified atom stereocenters. The molecule has 2 N–H and O–H groups in total. The van der Waals surface area contributed by atoms with E-state index in [1.165, 1.54) is 19.3 Å². The van der Waals surface area contributed by atoms with E-state index in [1.54, 1.807) is 0 Å². The summed E-state index contributed by atoms with van der Waals surface area (Å²) in [6, 6.07) is 0. The van der Waals surface area contributed by atoms with Gasteiger partial charge in [0.2, 0.25) is 0 Å². The van der Waals surface area contributed by atoms with Crippen LogP contribution in [0, 0.1) is 5.92 Å². The van der Waals surface area contributed by atoms with Crippen molar-refractivity contribution >= 4 is 5.91 Å². The average molecular weight is 284 g/mol. The van der Waals surface area contributed by atoms with Crippen LogP contribution < -0.4 is 5.32 Å². The zero-order valence-corrected chi connectivity index (χ0v) is 12.7. The smallest absolute Gasteiger partial charge is 0.250 e. The number of nitrogens with zero attached hydrogens (tertiary/aromatic N) is 1. The quantitative estimate of drug-likeness (QED) is 0.800. The molecule has 5 nitrogen and oxygen atoms in total. The van der Waals surface area contributed by atoms with Gasteiger partial charge in [-0.3, -0.25) is 4.79 Å². The maximum absolute atomic E-state index is 12.4. The molecular weight excluding hydrogens is 256 g/mol. The van der Waals surface area contributed by atoms with E-state index in [1.807, 2.05) is 14.0 Å². The van der Waals surface area contributed by atoms with Crippen LogP contribution in [0.5, 0.6) is 0 Å². The van der Waals surface area contributed by atoms with E-state index in [0.29, 0.717) is 19.1 Å². The van der Waals surface area contributed by atoms with Crippen molar-refractivity contribution in [2.75, 3.05) is 33.4 Å². The van der Waals surface area contributed by atoms with Gasteiger partial charge in [-0.25, -0.2) is 0 Å². The molecule has 1 amide bonds. The van der Waals surface area contributed by atoms with Crippen LogP contribution in [0.2, 0.25) is 0 Å². The van der Waals surface area contributed by atoms with E-state index in [0.717, 1.165) is 19.4 Å². The summed E-state index contributed by atoms with van der Waals surface area (Å²) in [5.41, 5.74) is -0.517. The predicted molar refractivity (Wildman–Crippen MR) is 77.4 cm³/mol. The predicted octanol–water partition coefficient (Wildman–Crippen LogP) is 0.764. The molecule has 0 spiro atoms. The van der Waals surface area contributed by atoms with Gasteiger partial charge in [-0.2, -0.15) is 0 Å². The van der Waals surface area contributed by atoms with Gasteiger partial charge in [-0.05, 0) is 32.7 Å². The molecule has 1 saturated carbocycles. The largest absolute Gasteiger partial charge is 0.394 e. The molecule has 0 aromatic rings. The molecule has 0 aromatic heterocycles. The first-order valence-corrected chi connectivity index (χ1v) is 7.78. The third-order valence-corrected chi connectivity index (χ3v) is 4.81. The van der Waals surface area contributed by atoms with E-state index in [4.69, 9.17) is 4.74 Å². The summed E-state index contributed by atoms with van der Waals surface area (Å²) >= 11 is 0. The monoisotopic (exact) mass is 284 g/mol. The van der Waals surface area contributed by atoms with Crippen LogP contribution in [0.15, 0.2) is 0 Å². The topological polar surface area (TPSA) is 61.8 Å². The fourth-order valence-electron chi connectivity index (χ4n) is 3.31. The molecular formula is C15H28N2O3. The molecule has 1 heterocycles. The number of hydrogen-bond donors (Lipinski definition) is 2. The van der Waals surface area contributed by atoms with Crippen molar-refractivity contribution in [3.05, 3.63) is 0 Å². The highest BCUT2D eigenvalue weighted by atomic mass is 16.5. The average Bonchev–Trinajstić information content (AvgIpc) is 2.48.